The molecule has 3 nitrogen and oxygen atoms in total. The lowest BCUT2D eigenvalue weighted by Gasteiger charge is -1.95. The molecule has 0 radical (unpaired) electrons. The van der Waals surface area contributed by atoms with Crippen molar-refractivity contribution < 1.29 is 14.5 Å². The number of aliphatic carboxylic acids is 1. The largest absolute Gasteiger partial charge is 0.481 e. The van der Waals surface area contributed by atoms with Gasteiger partial charge in [0.25, 0.3) is 0 Å². The van der Waals surface area contributed by atoms with Crippen molar-refractivity contribution in [1.82, 2.24) is 0 Å². The molecule has 1 N–H and O–H groups in total. The normalized spacial score (nSPS) is 10.9. The van der Waals surface area contributed by atoms with Gasteiger partial charge in [0.05, 0.1) is 3.57 Å². The molecule has 0 aliphatic carbocycles. The Bertz CT molecular complexity index is 550. The maximum atomic E-state index is 10.6. The Kier molecular flexibility index (Phi) is 3.44. The standard InChI is InChI=1S/C11H10INO2S/c1-7-13(6-5-10(14)15)11-8(12)3-2-4-9(11)16-7/h2-4H,5-6H2,1H3/p+1. The van der Waals surface area contributed by atoms with E-state index in [0.29, 0.717) is 6.54 Å². The van der Waals surface area contributed by atoms with Crippen LogP contribution in [0, 0.1) is 10.5 Å². The van der Waals surface area contributed by atoms with Gasteiger partial charge in [0.15, 0.2) is 6.54 Å². The van der Waals surface area contributed by atoms with Crippen LogP contribution in [-0.4, -0.2) is 11.1 Å². The van der Waals surface area contributed by atoms with Gasteiger partial charge in [-0.25, -0.2) is 0 Å². The predicted molar refractivity (Wildman–Crippen MR) is 71.7 cm³/mol. The lowest BCUT2D eigenvalue weighted by atomic mass is 10.3. The van der Waals surface area contributed by atoms with E-state index in [-0.39, 0.29) is 6.42 Å². The number of benzene rings is 1. The van der Waals surface area contributed by atoms with Crippen LogP contribution in [0.15, 0.2) is 18.2 Å². The zero-order valence-corrected chi connectivity index (χ0v) is 11.7. The fraction of sp³-hybridized carbons (Fsp3) is 0.273. The van der Waals surface area contributed by atoms with Gasteiger partial charge in [0, 0.05) is 6.92 Å². The highest BCUT2D eigenvalue weighted by Gasteiger charge is 2.20. The molecule has 0 amide bonds. The smallest absolute Gasteiger partial charge is 0.309 e. The molecule has 0 spiro atoms. The summed E-state index contributed by atoms with van der Waals surface area (Å²) in [5, 5.41) is 9.89. The molecular formula is C11H11INO2S+. The van der Waals surface area contributed by atoms with Gasteiger partial charge in [-0.2, -0.15) is 4.57 Å². The van der Waals surface area contributed by atoms with Crippen LogP contribution < -0.4 is 4.57 Å². The van der Waals surface area contributed by atoms with E-state index in [0.717, 1.165) is 10.5 Å². The Morgan fingerprint density at radius 2 is 2.31 bits per heavy atom. The van der Waals surface area contributed by atoms with E-state index in [4.69, 9.17) is 5.11 Å². The predicted octanol–water partition coefficient (Wildman–Crippen LogP) is 2.58. The first-order chi connectivity index (χ1) is 7.59. The third kappa shape index (κ3) is 2.20. The number of aromatic nitrogens is 1. The summed E-state index contributed by atoms with van der Waals surface area (Å²) < 4.78 is 4.48. The van der Waals surface area contributed by atoms with Crippen molar-refractivity contribution in [1.29, 1.82) is 0 Å². The van der Waals surface area contributed by atoms with Gasteiger partial charge in [-0.05, 0) is 34.7 Å². The number of rotatable bonds is 3. The van der Waals surface area contributed by atoms with Gasteiger partial charge in [-0.15, -0.1) is 0 Å². The van der Waals surface area contributed by atoms with E-state index in [1.165, 1.54) is 8.27 Å². The van der Waals surface area contributed by atoms with Crippen molar-refractivity contribution >= 4 is 50.1 Å². The molecule has 2 aromatic rings. The number of hydrogen-bond acceptors (Lipinski definition) is 2. The van der Waals surface area contributed by atoms with Gasteiger partial charge >= 0.3 is 5.97 Å². The average Bonchev–Trinajstić information content (AvgIpc) is 2.52. The Labute approximate surface area is 111 Å². The van der Waals surface area contributed by atoms with Crippen LogP contribution in [0.2, 0.25) is 0 Å². The minimum atomic E-state index is -0.753. The lowest BCUT2D eigenvalue weighted by Crippen LogP contribution is -2.36. The summed E-state index contributed by atoms with van der Waals surface area (Å²) in [5.74, 6) is -0.753. The van der Waals surface area contributed by atoms with E-state index in [9.17, 15) is 4.79 Å². The average molecular weight is 348 g/mol. The highest BCUT2D eigenvalue weighted by atomic mass is 127. The molecule has 0 atom stereocenters. The van der Waals surface area contributed by atoms with E-state index < -0.39 is 5.97 Å². The van der Waals surface area contributed by atoms with Crippen molar-refractivity contribution in [3.05, 3.63) is 26.8 Å². The number of carboxylic acids is 1. The minimum absolute atomic E-state index is 0.169. The SMILES string of the molecule is Cc1sc2cccc(I)c2[n+]1CCC(=O)O. The number of halogens is 1. The second kappa shape index (κ2) is 4.67. The topological polar surface area (TPSA) is 41.2 Å². The minimum Gasteiger partial charge on any atom is -0.481 e. The summed E-state index contributed by atoms with van der Waals surface area (Å²) in [5.41, 5.74) is 1.16. The number of carboxylic acid groups (broad SMARTS) is 1. The van der Waals surface area contributed by atoms with E-state index in [1.54, 1.807) is 11.3 Å². The zero-order chi connectivity index (χ0) is 11.7. The number of aryl methyl sites for hydroxylation is 2. The third-order valence-corrected chi connectivity index (χ3v) is 4.34. The fourth-order valence-corrected chi connectivity index (χ4v) is 3.74. The van der Waals surface area contributed by atoms with Crippen LogP contribution in [0.25, 0.3) is 10.2 Å². The monoisotopic (exact) mass is 348 g/mol. The summed E-state index contributed by atoms with van der Waals surface area (Å²) in [4.78, 5) is 10.6. The molecular weight excluding hydrogens is 337 g/mol. The Morgan fingerprint density at radius 3 is 3.00 bits per heavy atom. The van der Waals surface area contributed by atoms with Crippen LogP contribution in [0.4, 0.5) is 0 Å². The molecule has 0 aliphatic rings. The molecule has 0 fully saturated rings. The number of hydrogen-bond donors (Lipinski definition) is 1. The first-order valence-corrected chi connectivity index (χ1v) is 6.78. The van der Waals surface area contributed by atoms with Crippen LogP contribution in [0.1, 0.15) is 11.4 Å². The van der Waals surface area contributed by atoms with E-state index in [2.05, 4.69) is 33.2 Å². The van der Waals surface area contributed by atoms with Crippen molar-refractivity contribution in [3.63, 3.8) is 0 Å². The maximum absolute atomic E-state index is 10.6. The summed E-state index contributed by atoms with van der Waals surface area (Å²) in [6, 6.07) is 6.15. The fourth-order valence-electron chi connectivity index (χ4n) is 1.69. The van der Waals surface area contributed by atoms with Crippen molar-refractivity contribution in [2.45, 2.75) is 19.9 Å². The Balaban J connectivity index is 2.50. The molecule has 0 bridgehead atoms. The second-order valence-corrected chi connectivity index (χ2v) is 5.90. The molecule has 1 heterocycles. The summed E-state index contributed by atoms with van der Waals surface area (Å²) in [6.45, 7) is 2.57. The number of nitrogens with zero attached hydrogens (tertiary/aromatic N) is 1. The summed E-state index contributed by atoms with van der Waals surface area (Å²) in [7, 11) is 0. The van der Waals surface area contributed by atoms with E-state index >= 15 is 0 Å². The van der Waals surface area contributed by atoms with Crippen molar-refractivity contribution in [3.8, 4) is 0 Å². The van der Waals surface area contributed by atoms with Crippen molar-refractivity contribution in [2.75, 3.05) is 0 Å². The number of para-hydroxylation sites is 1. The molecule has 16 heavy (non-hydrogen) atoms. The lowest BCUT2D eigenvalue weighted by molar-refractivity contribution is -0.672. The third-order valence-electron chi connectivity index (χ3n) is 2.41. The number of carbonyl (C=O) groups is 1. The summed E-state index contributed by atoms with van der Waals surface area (Å²) in [6.07, 6.45) is 0.169. The maximum Gasteiger partial charge on any atom is 0.309 e. The Hall–Kier alpha value is -0.690. The highest BCUT2D eigenvalue weighted by molar-refractivity contribution is 14.1. The highest BCUT2D eigenvalue weighted by Crippen LogP contribution is 2.24. The van der Waals surface area contributed by atoms with Gasteiger partial charge in [-0.1, -0.05) is 17.4 Å². The van der Waals surface area contributed by atoms with Crippen LogP contribution in [0.3, 0.4) is 0 Å². The van der Waals surface area contributed by atoms with Crippen LogP contribution >= 0.6 is 33.9 Å². The van der Waals surface area contributed by atoms with E-state index in [1.807, 2.05) is 19.1 Å². The molecule has 0 unspecified atom stereocenters. The molecule has 0 saturated heterocycles. The van der Waals surface area contributed by atoms with Gasteiger partial charge < -0.3 is 5.11 Å². The molecule has 2 rings (SSSR count). The quantitative estimate of drug-likeness (QED) is 0.684. The van der Waals surface area contributed by atoms with Gasteiger partial charge in [-0.3, -0.25) is 4.79 Å². The molecule has 1 aromatic carbocycles. The molecule has 1 aromatic heterocycles. The molecule has 0 aliphatic heterocycles. The molecule has 5 heteroatoms. The van der Waals surface area contributed by atoms with Gasteiger partial charge in [0.2, 0.25) is 10.5 Å². The van der Waals surface area contributed by atoms with Crippen LogP contribution in [-0.2, 0) is 11.3 Å². The number of thiazole rings is 1. The molecule has 84 valence electrons. The van der Waals surface area contributed by atoms with Crippen LogP contribution in [0.5, 0.6) is 0 Å². The Morgan fingerprint density at radius 1 is 1.56 bits per heavy atom. The zero-order valence-electron chi connectivity index (χ0n) is 8.74. The second-order valence-electron chi connectivity index (χ2n) is 3.50. The first-order valence-electron chi connectivity index (χ1n) is 4.89. The summed E-state index contributed by atoms with van der Waals surface area (Å²) >= 11 is 4.00. The first kappa shape index (κ1) is 11.8. The van der Waals surface area contributed by atoms with Gasteiger partial charge in [0.1, 0.15) is 11.1 Å². The molecule has 0 saturated carbocycles. The van der Waals surface area contributed by atoms with Crippen molar-refractivity contribution in [2.24, 2.45) is 0 Å². The number of fused-ring (bicyclic) bond motifs is 1.